The summed E-state index contributed by atoms with van der Waals surface area (Å²) in [6.45, 7) is 6.12. The number of carbonyl (C=O) groups is 1. The summed E-state index contributed by atoms with van der Waals surface area (Å²) in [5, 5.41) is 6.58. The second-order valence-corrected chi connectivity index (χ2v) is 7.01. The Balaban J connectivity index is 1.93. The van der Waals surface area contributed by atoms with Crippen LogP contribution in [0.3, 0.4) is 0 Å². The molecule has 0 saturated heterocycles. The Kier molecular flexibility index (Phi) is 9.02. The van der Waals surface area contributed by atoms with Crippen LogP contribution in [0, 0.1) is 6.92 Å². The zero-order valence-electron chi connectivity index (χ0n) is 17.6. The van der Waals surface area contributed by atoms with Gasteiger partial charge in [0.25, 0.3) is 0 Å². The van der Waals surface area contributed by atoms with Gasteiger partial charge in [0.1, 0.15) is 5.75 Å². The number of rotatable bonds is 10. The lowest BCUT2D eigenvalue weighted by Crippen LogP contribution is -2.36. The van der Waals surface area contributed by atoms with Crippen molar-refractivity contribution in [2.24, 2.45) is 10.7 Å². The van der Waals surface area contributed by atoms with Gasteiger partial charge in [-0.25, -0.2) is 0 Å². The van der Waals surface area contributed by atoms with E-state index in [2.05, 4.69) is 47.7 Å². The topological polar surface area (TPSA) is 88.7 Å². The lowest BCUT2D eigenvalue weighted by molar-refractivity contribution is 0.1000. The predicted molar refractivity (Wildman–Crippen MR) is 118 cm³/mol. The molecule has 0 saturated carbocycles. The number of nitrogens with two attached hydrogens (primary N) is 1. The number of benzene rings is 2. The number of hydrogen-bond acceptors (Lipinski definition) is 3. The van der Waals surface area contributed by atoms with Gasteiger partial charge in [0.05, 0.1) is 6.61 Å². The zero-order valence-corrected chi connectivity index (χ0v) is 17.6. The van der Waals surface area contributed by atoms with E-state index in [-0.39, 0.29) is 0 Å². The normalized spacial score (nSPS) is 11.2. The third-order valence-electron chi connectivity index (χ3n) is 4.57. The van der Waals surface area contributed by atoms with Crippen molar-refractivity contribution < 1.29 is 9.53 Å². The van der Waals surface area contributed by atoms with E-state index >= 15 is 0 Å². The second kappa shape index (κ2) is 11.7. The van der Waals surface area contributed by atoms with Crippen LogP contribution in [0.15, 0.2) is 47.5 Å². The Bertz CT molecular complexity index is 833. The fourth-order valence-electron chi connectivity index (χ4n) is 2.90. The van der Waals surface area contributed by atoms with Crippen LogP contribution < -0.4 is 21.1 Å². The highest BCUT2D eigenvalue weighted by molar-refractivity contribution is 5.92. The molecule has 2 aromatic carbocycles. The van der Waals surface area contributed by atoms with E-state index in [1.54, 1.807) is 19.2 Å². The minimum absolute atomic E-state index is 0.430. The third-order valence-corrected chi connectivity index (χ3v) is 4.57. The van der Waals surface area contributed by atoms with Gasteiger partial charge >= 0.3 is 0 Å². The number of nitrogens with one attached hydrogen (secondary N) is 2. The molecular formula is C23H32N4O2. The van der Waals surface area contributed by atoms with Gasteiger partial charge in [-0.3, -0.25) is 9.79 Å². The number of carbonyl (C=O) groups excluding carboxylic acids is 1. The largest absolute Gasteiger partial charge is 0.493 e. The highest BCUT2D eigenvalue weighted by Crippen LogP contribution is 2.20. The van der Waals surface area contributed by atoms with Crippen molar-refractivity contribution in [3.05, 3.63) is 64.7 Å². The molecule has 4 N–H and O–H groups in total. The summed E-state index contributed by atoms with van der Waals surface area (Å²) in [4.78, 5) is 15.6. The number of hydrogen-bond donors (Lipinski definition) is 3. The molecule has 0 aliphatic rings. The molecule has 0 spiro atoms. The molecule has 156 valence electrons. The maximum atomic E-state index is 11.3. The van der Waals surface area contributed by atoms with Crippen LogP contribution in [0.1, 0.15) is 53.2 Å². The fraction of sp³-hybridized carbons (Fsp3) is 0.391. The van der Waals surface area contributed by atoms with Crippen molar-refractivity contribution in [3.63, 3.8) is 0 Å². The molecule has 0 aromatic heterocycles. The van der Waals surface area contributed by atoms with Crippen molar-refractivity contribution >= 4 is 11.9 Å². The molecule has 6 nitrogen and oxygen atoms in total. The highest BCUT2D eigenvalue weighted by Gasteiger charge is 2.07. The predicted octanol–water partition coefficient (Wildman–Crippen LogP) is 3.53. The lowest BCUT2D eigenvalue weighted by atomic mass is 10.1. The van der Waals surface area contributed by atoms with Gasteiger partial charge in [-0.2, -0.15) is 0 Å². The molecule has 0 heterocycles. The average molecular weight is 397 g/mol. The molecule has 1 amide bonds. The Morgan fingerprint density at radius 3 is 2.62 bits per heavy atom. The molecule has 0 aliphatic carbocycles. The van der Waals surface area contributed by atoms with Crippen LogP contribution in [0.2, 0.25) is 0 Å². The molecule has 0 unspecified atom stereocenters. The molecule has 0 atom stereocenters. The molecule has 29 heavy (non-hydrogen) atoms. The number of nitrogens with zero attached hydrogens (tertiary/aromatic N) is 1. The summed E-state index contributed by atoms with van der Waals surface area (Å²) in [7, 11) is 1.73. The Labute approximate surface area is 173 Å². The SMILES string of the molecule is CCCCCOc1cc(C)ccc1CNC(=NC)NCc1cccc(C(N)=O)c1. The van der Waals surface area contributed by atoms with Crippen molar-refractivity contribution in [2.75, 3.05) is 13.7 Å². The molecular weight excluding hydrogens is 364 g/mol. The fourth-order valence-corrected chi connectivity index (χ4v) is 2.90. The number of aliphatic imine (C=N–C) groups is 1. The number of amides is 1. The van der Waals surface area contributed by atoms with Crippen LogP contribution in [0.25, 0.3) is 0 Å². The van der Waals surface area contributed by atoms with Crippen molar-refractivity contribution in [3.8, 4) is 5.75 Å². The van der Waals surface area contributed by atoms with Gasteiger partial charge in [-0.1, -0.05) is 44.0 Å². The van der Waals surface area contributed by atoms with Gasteiger partial charge in [-0.15, -0.1) is 0 Å². The smallest absolute Gasteiger partial charge is 0.248 e. The minimum atomic E-state index is -0.430. The number of primary amides is 1. The first kappa shape index (κ1) is 22.3. The quantitative estimate of drug-likeness (QED) is 0.326. The van der Waals surface area contributed by atoms with Crippen molar-refractivity contribution in [1.29, 1.82) is 0 Å². The summed E-state index contributed by atoms with van der Waals surface area (Å²) >= 11 is 0. The number of unbranched alkanes of at least 4 members (excludes halogenated alkanes) is 2. The van der Waals surface area contributed by atoms with Crippen molar-refractivity contribution in [1.82, 2.24) is 10.6 Å². The molecule has 2 rings (SSSR count). The van der Waals surface area contributed by atoms with Gasteiger partial charge < -0.3 is 21.1 Å². The first-order valence-corrected chi connectivity index (χ1v) is 10.1. The van der Waals surface area contributed by atoms with E-state index < -0.39 is 5.91 Å². The van der Waals surface area contributed by atoms with Crippen LogP contribution in [-0.4, -0.2) is 25.5 Å². The summed E-state index contributed by atoms with van der Waals surface area (Å²) in [6.07, 6.45) is 3.41. The average Bonchev–Trinajstić information content (AvgIpc) is 2.72. The molecule has 0 bridgehead atoms. The zero-order chi connectivity index (χ0) is 21.1. The van der Waals surface area contributed by atoms with Gasteiger partial charge in [-0.05, 0) is 42.7 Å². The molecule has 2 aromatic rings. The van der Waals surface area contributed by atoms with E-state index in [1.807, 2.05) is 12.1 Å². The molecule has 0 aliphatic heterocycles. The maximum absolute atomic E-state index is 11.3. The molecule has 6 heteroatoms. The van der Waals surface area contributed by atoms with E-state index in [0.717, 1.165) is 29.9 Å². The van der Waals surface area contributed by atoms with E-state index in [9.17, 15) is 4.79 Å². The summed E-state index contributed by atoms with van der Waals surface area (Å²) in [5.74, 6) is 1.16. The first-order chi connectivity index (χ1) is 14.0. The van der Waals surface area contributed by atoms with E-state index in [0.29, 0.717) is 24.6 Å². The number of ether oxygens (including phenoxy) is 1. The summed E-state index contributed by atoms with van der Waals surface area (Å²) in [5.41, 5.74) is 9.07. The molecule has 0 radical (unpaired) electrons. The Morgan fingerprint density at radius 2 is 1.90 bits per heavy atom. The summed E-state index contributed by atoms with van der Waals surface area (Å²) < 4.78 is 6.01. The van der Waals surface area contributed by atoms with Gasteiger partial charge in [0, 0.05) is 31.3 Å². The molecule has 0 fully saturated rings. The highest BCUT2D eigenvalue weighted by atomic mass is 16.5. The Morgan fingerprint density at radius 1 is 1.10 bits per heavy atom. The van der Waals surface area contributed by atoms with E-state index in [4.69, 9.17) is 10.5 Å². The lowest BCUT2D eigenvalue weighted by Gasteiger charge is -2.16. The van der Waals surface area contributed by atoms with Gasteiger partial charge in [0.2, 0.25) is 5.91 Å². The minimum Gasteiger partial charge on any atom is -0.493 e. The van der Waals surface area contributed by atoms with E-state index in [1.165, 1.54) is 18.4 Å². The Hall–Kier alpha value is -3.02. The van der Waals surface area contributed by atoms with Gasteiger partial charge in [0.15, 0.2) is 5.96 Å². The number of aryl methyl sites for hydroxylation is 1. The third kappa shape index (κ3) is 7.49. The van der Waals surface area contributed by atoms with Crippen molar-refractivity contribution in [2.45, 2.75) is 46.2 Å². The number of guanidine groups is 1. The van der Waals surface area contributed by atoms with Crippen LogP contribution in [-0.2, 0) is 13.1 Å². The summed E-state index contributed by atoms with van der Waals surface area (Å²) in [6, 6.07) is 13.5. The second-order valence-electron chi connectivity index (χ2n) is 7.01. The van der Waals surface area contributed by atoms with Crippen LogP contribution >= 0.6 is 0 Å². The monoisotopic (exact) mass is 396 g/mol. The van der Waals surface area contributed by atoms with Crippen LogP contribution in [0.4, 0.5) is 0 Å². The first-order valence-electron chi connectivity index (χ1n) is 10.1. The standard InChI is InChI=1S/C23H32N4O2/c1-4-5-6-12-29-21-13-17(2)10-11-20(21)16-27-23(25-3)26-15-18-8-7-9-19(14-18)22(24)28/h7-11,13-14H,4-6,12,15-16H2,1-3H3,(H2,24,28)(H2,25,26,27). The van der Waals surface area contributed by atoms with Crippen LogP contribution in [0.5, 0.6) is 5.75 Å². The maximum Gasteiger partial charge on any atom is 0.248 e.